The summed E-state index contributed by atoms with van der Waals surface area (Å²) >= 11 is 1.35. The zero-order valence-corrected chi connectivity index (χ0v) is 14.8. The van der Waals surface area contributed by atoms with Crippen molar-refractivity contribution in [2.75, 3.05) is 0 Å². The molecule has 0 amide bonds. The molecule has 6 nitrogen and oxygen atoms in total. The number of aromatic nitrogens is 1. The van der Waals surface area contributed by atoms with Crippen LogP contribution in [0.4, 0.5) is 0 Å². The van der Waals surface area contributed by atoms with Crippen molar-refractivity contribution >= 4 is 53.9 Å². The summed E-state index contributed by atoms with van der Waals surface area (Å²) in [6.45, 7) is 0. The van der Waals surface area contributed by atoms with Crippen LogP contribution in [0.2, 0.25) is 0 Å². The molecule has 0 spiro atoms. The summed E-state index contributed by atoms with van der Waals surface area (Å²) in [5.41, 5.74) is 6.18. The molecule has 0 bridgehead atoms. The summed E-state index contributed by atoms with van der Waals surface area (Å²) in [6.07, 6.45) is 1.79. The van der Waals surface area contributed by atoms with Gasteiger partial charge in [0.15, 0.2) is 0 Å². The predicted octanol–water partition coefficient (Wildman–Crippen LogP) is 1.00. The van der Waals surface area contributed by atoms with Crippen molar-refractivity contribution in [1.29, 1.82) is 5.41 Å². The molecule has 0 atom stereocenters. The van der Waals surface area contributed by atoms with Gasteiger partial charge < -0.3 is 0 Å². The van der Waals surface area contributed by atoms with Crippen LogP contribution in [0.5, 0.6) is 0 Å². The van der Waals surface area contributed by atoms with Crippen molar-refractivity contribution < 1.29 is 8.42 Å². The minimum atomic E-state index is -3.66. The number of hydrogen-bond acceptors (Lipinski definition) is 5. The maximum absolute atomic E-state index is 11.2. The van der Waals surface area contributed by atoms with Gasteiger partial charge in [-0.1, -0.05) is 0 Å². The van der Waals surface area contributed by atoms with Crippen molar-refractivity contribution in [3.05, 3.63) is 34.9 Å². The van der Waals surface area contributed by atoms with Crippen LogP contribution in [-0.2, 0) is 15.8 Å². The average molecular weight is 412 g/mol. The first-order chi connectivity index (χ1) is 9.36. The van der Waals surface area contributed by atoms with Gasteiger partial charge in [0.25, 0.3) is 0 Å². The standard InChI is InChI=1S/C11H12N4O2S2Se.ClH/c12-11(13)18-6-9-5-15-10(20-9)7-1-3-8(4-2-7)19(14,16)17;/h1-5H,6H2,(H3,12,13)(H2,14,16,17);1H. The van der Waals surface area contributed by atoms with E-state index in [0.29, 0.717) is 5.75 Å². The summed E-state index contributed by atoms with van der Waals surface area (Å²) in [6, 6.07) is 6.36. The number of halogens is 1. The van der Waals surface area contributed by atoms with E-state index in [1.165, 1.54) is 23.9 Å². The number of thioether (sulfide) groups is 1. The number of rotatable bonds is 4. The predicted molar refractivity (Wildman–Crippen MR) is 88.4 cm³/mol. The quantitative estimate of drug-likeness (QED) is 0.393. The van der Waals surface area contributed by atoms with Crippen molar-refractivity contribution in [3.63, 3.8) is 0 Å². The fourth-order valence-electron chi connectivity index (χ4n) is 1.44. The van der Waals surface area contributed by atoms with Crippen molar-refractivity contribution in [2.45, 2.75) is 10.6 Å². The molecule has 0 unspecified atom stereocenters. The first kappa shape index (κ1) is 18.2. The molecule has 114 valence electrons. The van der Waals surface area contributed by atoms with E-state index < -0.39 is 10.0 Å². The van der Waals surface area contributed by atoms with Gasteiger partial charge in [0.1, 0.15) is 0 Å². The zero-order chi connectivity index (χ0) is 14.8. The van der Waals surface area contributed by atoms with E-state index in [0.717, 1.165) is 14.6 Å². The molecule has 0 aliphatic carbocycles. The molecule has 1 aromatic heterocycles. The molecule has 0 saturated carbocycles. The Kier molecular flexibility index (Phi) is 6.45. The van der Waals surface area contributed by atoms with Crippen molar-refractivity contribution in [1.82, 2.24) is 4.98 Å². The van der Waals surface area contributed by atoms with E-state index in [1.807, 2.05) is 0 Å². The van der Waals surface area contributed by atoms with Crippen LogP contribution in [0, 0.1) is 5.41 Å². The van der Waals surface area contributed by atoms with Gasteiger partial charge in [0.2, 0.25) is 0 Å². The third-order valence-electron chi connectivity index (χ3n) is 2.35. The molecule has 0 aliphatic rings. The second-order valence-corrected chi connectivity index (χ2v) is 8.77. The fourth-order valence-corrected chi connectivity index (χ4v) is 4.63. The van der Waals surface area contributed by atoms with E-state index in [9.17, 15) is 8.42 Å². The SMILES string of the molecule is Cl.N=C(N)SCc1cnc(-c2ccc(S(N)(=O)=O)cc2)[se]1. The van der Waals surface area contributed by atoms with Crippen LogP contribution in [-0.4, -0.2) is 33.1 Å². The summed E-state index contributed by atoms with van der Waals surface area (Å²) < 4.78 is 24.4. The molecular formula is C11H13ClN4O2S2Se. The Morgan fingerprint density at radius 1 is 1.33 bits per heavy atom. The Balaban J connectivity index is 0.00000220. The number of primary sulfonamides is 1. The van der Waals surface area contributed by atoms with Gasteiger partial charge in [-0.15, -0.1) is 12.4 Å². The normalized spacial score (nSPS) is 10.9. The average Bonchev–Trinajstić information content (AvgIpc) is 2.84. The Morgan fingerprint density at radius 2 is 1.95 bits per heavy atom. The molecule has 10 heteroatoms. The van der Waals surface area contributed by atoms with Gasteiger partial charge >= 0.3 is 127 Å². The van der Waals surface area contributed by atoms with Crippen LogP contribution in [0.3, 0.4) is 0 Å². The summed E-state index contributed by atoms with van der Waals surface area (Å²) in [4.78, 5) is 4.42. The molecule has 2 rings (SSSR count). The molecule has 0 fully saturated rings. The van der Waals surface area contributed by atoms with Crippen LogP contribution in [0.25, 0.3) is 10.1 Å². The van der Waals surface area contributed by atoms with Crippen LogP contribution in [0.1, 0.15) is 4.44 Å². The number of benzene rings is 1. The summed E-state index contributed by atoms with van der Waals surface area (Å²) in [7, 11) is -3.66. The molecular weight excluding hydrogens is 399 g/mol. The number of amidine groups is 1. The first-order valence-electron chi connectivity index (χ1n) is 5.41. The summed E-state index contributed by atoms with van der Waals surface area (Å²) in [5.74, 6) is 0.664. The Morgan fingerprint density at radius 3 is 2.48 bits per heavy atom. The van der Waals surface area contributed by atoms with Gasteiger partial charge in [0.05, 0.1) is 0 Å². The van der Waals surface area contributed by atoms with E-state index in [-0.39, 0.29) is 37.0 Å². The number of hydrogen-bond donors (Lipinski definition) is 3. The van der Waals surface area contributed by atoms with Gasteiger partial charge in [0, 0.05) is 0 Å². The number of nitrogens with two attached hydrogens (primary N) is 2. The molecule has 0 aliphatic heterocycles. The second kappa shape index (κ2) is 7.44. The first-order valence-corrected chi connectivity index (χ1v) is 9.65. The summed E-state index contributed by atoms with van der Waals surface area (Å²) in [5, 5.41) is 12.3. The maximum atomic E-state index is 11.2. The number of sulfonamides is 1. The van der Waals surface area contributed by atoms with E-state index in [4.69, 9.17) is 16.3 Å². The van der Waals surface area contributed by atoms with E-state index >= 15 is 0 Å². The molecule has 21 heavy (non-hydrogen) atoms. The molecule has 0 saturated heterocycles. The fraction of sp³-hybridized carbons (Fsp3) is 0.0909. The van der Waals surface area contributed by atoms with Gasteiger partial charge in [-0.25, -0.2) is 0 Å². The van der Waals surface area contributed by atoms with Crippen LogP contribution >= 0.6 is 24.2 Å². The van der Waals surface area contributed by atoms with Crippen molar-refractivity contribution in [3.8, 4) is 10.1 Å². The van der Waals surface area contributed by atoms with Crippen molar-refractivity contribution in [2.24, 2.45) is 10.9 Å². The third-order valence-corrected chi connectivity index (χ3v) is 6.66. The van der Waals surface area contributed by atoms with E-state index in [2.05, 4.69) is 4.98 Å². The Hall–Kier alpha value is -0.831. The van der Waals surface area contributed by atoms with Gasteiger partial charge in [-0.3, -0.25) is 0 Å². The molecule has 2 aromatic rings. The van der Waals surface area contributed by atoms with E-state index in [1.54, 1.807) is 18.3 Å². The van der Waals surface area contributed by atoms with Crippen LogP contribution in [0.15, 0.2) is 35.4 Å². The van der Waals surface area contributed by atoms with Gasteiger partial charge in [-0.2, -0.15) is 0 Å². The molecule has 5 N–H and O–H groups in total. The Bertz CT molecular complexity index is 731. The topological polar surface area (TPSA) is 123 Å². The van der Waals surface area contributed by atoms with Gasteiger partial charge in [-0.05, 0) is 0 Å². The number of nitrogens with zero attached hydrogens (tertiary/aromatic N) is 1. The molecule has 1 heterocycles. The molecule has 0 radical (unpaired) electrons. The van der Waals surface area contributed by atoms with Crippen LogP contribution < -0.4 is 10.9 Å². The minimum absolute atomic E-state index is 0. The molecule has 1 aromatic carbocycles. The zero-order valence-electron chi connectivity index (χ0n) is 10.6. The second-order valence-electron chi connectivity index (χ2n) is 3.85. The monoisotopic (exact) mass is 412 g/mol. The third kappa shape index (κ3) is 5.14. The Labute approximate surface area is 139 Å². The number of nitrogens with one attached hydrogen (secondary N) is 1.